The van der Waals surface area contributed by atoms with Gasteiger partial charge in [-0.1, -0.05) is 19.1 Å². The standard InChI is InChI=1S/C16H19NO2/c1-3-12-4-6-15(7-5-12)19-11-13-8-14(17)10-16(9-13)18-2/h4-10H,3,11,17H2,1-2H3. The summed E-state index contributed by atoms with van der Waals surface area (Å²) in [6, 6.07) is 13.7. The second kappa shape index (κ2) is 6.14. The fourth-order valence-electron chi connectivity index (χ4n) is 1.88. The maximum atomic E-state index is 5.81. The van der Waals surface area contributed by atoms with E-state index in [0.717, 1.165) is 23.5 Å². The van der Waals surface area contributed by atoms with Crippen molar-refractivity contribution in [1.82, 2.24) is 0 Å². The van der Waals surface area contributed by atoms with Crippen molar-refractivity contribution in [3.05, 3.63) is 53.6 Å². The molecule has 0 unspecified atom stereocenters. The van der Waals surface area contributed by atoms with Gasteiger partial charge in [-0.2, -0.15) is 0 Å². The maximum Gasteiger partial charge on any atom is 0.121 e. The van der Waals surface area contributed by atoms with E-state index in [1.807, 2.05) is 24.3 Å². The lowest BCUT2D eigenvalue weighted by molar-refractivity contribution is 0.305. The van der Waals surface area contributed by atoms with Crippen LogP contribution in [0.2, 0.25) is 0 Å². The van der Waals surface area contributed by atoms with Gasteiger partial charge < -0.3 is 15.2 Å². The topological polar surface area (TPSA) is 44.5 Å². The zero-order valence-electron chi connectivity index (χ0n) is 11.3. The molecule has 0 aromatic heterocycles. The summed E-state index contributed by atoms with van der Waals surface area (Å²) < 4.78 is 10.9. The Morgan fingerprint density at radius 1 is 0.947 bits per heavy atom. The van der Waals surface area contributed by atoms with Crippen molar-refractivity contribution in [3.63, 3.8) is 0 Å². The van der Waals surface area contributed by atoms with E-state index in [2.05, 4.69) is 19.1 Å². The maximum absolute atomic E-state index is 5.81. The number of hydrogen-bond acceptors (Lipinski definition) is 3. The first kappa shape index (κ1) is 13.3. The third-order valence-corrected chi connectivity index (χ3v) is 2.96. The summed E-state index contributed by atoms with van der Waals surface area (Å²) >= 11 is 0. The summed E-state index contributed by atoms with van der Waals surface area (Å²) in [5.74, 6) is 1.61. The molecular weight excluding hydrogens is 238 g/mol. The highest BCUT2D eigenvalue weighted by Crippen LogP contribution is 2.20. The predicted molar refractivity (Wildman–Crippen MR) is 77.6 cm³/mol. The molecule has 19 heavy (non-hydrogen) atoms. The van der Waals surface area contributed by atoms with E-state index in [4.69, 9.17) is 15.2 Å². The molecule has 0 saturated heterocycles. The Hall–Kier alpha value is -2.16. The Morgan fingerprint density at radius 3 is 2.32 bits per heavy atom. The van der Waals surface area contributed by atoms with Crippen LogP contribution in [0.25, 0.3) is 0 Å². The van der Waals surface area contributed by atoms with Crippen LogP contribution in [0.4, 0.5) is 5.69 Å². The fourth-order valence-corrected chi connectivity index (χ4v) is 1.88. The molecule has 3 nitrogen and oxygen atoms in total. The number of nitrogens with two attached hydrogens (primary N) is 1. The van der Waals surface area contributed by atoms with E-state index in [1.54, 1.807) is 13.2 Å². The van der Waals surface area contributed by atoms with Crippen LogP contribution in [0, 0.1) is 0 Å². The molecule has 2 aromatic rings. The van der Waals surface area contributed by atoms with Crippen LogP contribution in [-0.2, 0) is 13.0 Å². The van der Waals surface area contributed by atoms with Gasteiger partial charge in [0.1, 0.15) is 18.1 Å². The number of methoxy groups -OCH3 is 1. The molecular formula is C16H19NO2. The number of nitrogen functional groups attached to an aromatic ring is 1. The van der Waals surface area contributed by atoms with Gasteiger partial charge in [0.15, 0.2) is 0 Å². The normalized spacial score (nSPS) is 10.2. The largest absolute Gasteiger partial charge is 0.497 e. The second-order valence-electron chi connectivity index (χ2n) is 4.40. The lowest BCUT2D eigenvalue weighted by Crippen LogP contribution is -1.98. The number of aryl methyl sites for hydroxylation is 1. The molecule has 0 aliphatic heterocycles. The van der Waals surface area contributed by atoms with E-state index in [1.165, 1.54) is 5.56 Å². The zero-order valence-corrected chi connectivity index (χ0v) is 11.3. The van der Waals surface area contributed by atoms with Gasteiger partial charge in [0.25, 0.3) is 0 Å². The van der Waals surface area contributed by atoms with Gasteiger partial charge in [-0.25, -0.2) is 0 Å². The summed E-state index contributed by atoms with van der Waals surface area (Å²) in [6.07, 6.45) is 1.03. The van der Waals surface area contributed by atoms with Crippen LogP contribution in [0.5, 0.6) is 11.5 Å². The summed E-state index contributed by atoms with van der Waals surface area (Å²) in [5.41, 5.74) is 8.79. The molecule has 0 aliphatic rings. The van der Waals surface area contributed by atoms with E-state index in [0.29, 0.717) is 12.3 Å². The van der Waals surface area contributed by atoms with Gasteiger partial charge in [-0.15, -0.1) is 0 Å². The fraction of sp³-hybridized carbons (Fsp3) is 0.250. The third-order valence-electron chi connectivity index (χ3n) is 2.96. The van der Waals surface area contributed by atoms with E-state index in [-0.39, 0.29) is 0 Å². The molecule has 2 aromatic carbocycles. The van der Waals surface area contributed by atoms with E-state index >= 15 is 0 Å². The van der Waals surface area contributed by atoms with Crippen molar-refractivity contribution in [2.24, 2.45) is 0 Å². The summed E-state index contributed by atoms with van der Waals surface area (Å²) in [5, 5.41) is 0. The molecule has 0 spiro atoms. The molecule has 0 heterocycles. The molecule has 0 radical (unpaired) electrons. The summed E-state index contributed by atoms with van der Waals surface area (Å²) in [4.78, 5) is 0. The quantitative estimate of drug-likeness (QED) is 0.835. The highest BCUT2D eigenvalue weighted by Gasteiger charge is 2.01. The monoisotopic (exact) mass is 257 g/mol. The molecule has 2 N–H and O–H groups in total. The minimum Gasteiger partial charge on any atom is -0.497 e. The SMILES string of the molecule is CCc1ccc(OCc2cc(N)cc(OC)c2)cc1. The average Bonchev–Trinajstić information content (AvgIpc) is 2.45. The molecule has 0 saturated carbocycles. The molecule has 0 atom stereocenters. The number of benzene rings is 2. The van der Waals surface area contributed by atoms with Crippen LogP contribution in [0.1, 0.15) is 18.1 Å². The molecule has 0 bridgehead atoms. The molecule has 0 aliphatic carbocycles. The van der Waals surface area contributed by atoms with E-state index < -0.39 is 0 Å². The molecule has 2 rings (SSSR count). The smallest absolute Gasteiger partial charge is 0.121 e. The average molecular weight is 257 g/mol. The van der Waals surface area contributed by atoms with Gasteiger partial charge >= 0.3 is 0 Å². The number of hydrogen-bond donors (Lipinski definition) is 1. The second-order valence-corrected chi connectivity index (χ2v) is 4.40. The van der Waals surface area contributed by atoms with E-state index in [9.17, 15) is 0 Å². The van der Waals surface area contributed by atoms with Gasteiger partial charge in [0.2, 0.25) is 0 Å². The Labute approximate surface area is 114 Å². The Morgan fingerprint density at radius 2 is 1.68 bits per heavy atom. The van der Waals surface area contributed by atoms with Crippen molar-refractivity contribution in [2.75, 3.05) is 12.8 Å². The van der Waals surface area contributed by atoms with Crippen molar-refractivity contribution < 1.29 is 9.47 Å². The number of anilines is 1. The minimum atomic E-state index is 0.479. The van der Waals surface area contributed by atoms with Crippen molar-refractivity contribution in [1.29, 1.82) is 0 Å². The van der Waals surface area contributed by atoms with Crippen LogP contribution in [-0.4, -0.2) is 7.11 Å². The lowest BCUT2D eigenvalue weighted by Gasteiger charge is -2.09. The minimum absolute atomic E-state index is 0.479. The highest BCUT2D eigenvalue weighted by atomic mass is 16.5. The summed E-state index contributed by atoms with van der Waals surface area (Å²) in [7, 11) is 1.63. The molecule has 3 heteroatoms. The number of rotatable bonds is 5. The van der Waals surface area contributed by atoms with Crippen molar-refractivity contribution in [3.8, 4) is 11.5 Å². The van der Waals surface area contributed by atoms with Gasteiger partial charge in [0.05, 0.1) is 7.11 Å². The van der Waals surface area contributed by atoms with Crippen LogP contribution in [0.15, 0.2) is 42.5 Å². The predicted octanol–water partition coefficient (Wildman–Crippen LogP) is 3.42. The van der Waals surface area contributed by atoms with Crippen LogP contribution < -0.4 is 15.2 Å². The molecule has 100 valence electrons. The van der Waals surface area contributed by atoms with Gasteiger partial charge in [-0.05, 0) is 41.8 Å². The highest BCUT2D eigenvalue weighted by molar-refractivity contribution is 5.47. The first-order chi connectivity index (χ1) is 9.21. The van der Waals surface area contributed by atoms with Crippen LogP contribution >= 0.6 is 0 Å². The summed E-state index contributed by atoms with van der Waals surface area (Å²) in [6.45, 7) is 2.61. The van der Waals surface area contributed by atoms with Gasteiger partial charge in [-0.3, -0.25) is 0 Å². The first-order valence-corrected chi connectivity index (χ1v) is 6.36. The van der Waals surface area contributed by atoms with Gasteiger partial charge in [0, 0.05) is 11.8 Å². The zero-order chi connectivity index (χ0) is 13.7. The Bertz CT molecular complexity index is 535. The third kappa shape index (κ3) is 3.65. The van der Waals surface area contributed by atoms with Crippen molar-refractivity contribution in [2.45, 2.75) is 20.0 Å². The lowest BCUT2D eigenvalue weighted by atomic mass is 10.2. The molecule has 0 fully saturated rings. The number of ether oxygens (including phenoxy) is 2. The van der Waals surface area contributed by atoms with Crippen LogP contribution in [0.3, 0.4) is 0 Å². The Kier molecular flexibility index (Phi) is 4.29. The molecule has 0 amide bonds. The Balaban J connectivity index is 2.03. The first-order valence-electron chi connectivity index (χ1n) is 6.36. The van der Waals surface area contributed by atoms with Crippen molar-refractivity contribution >= 4 is 5.69 Å².